The van der Waals surface area contributed by atoms with Crippen molar-refractivity contribution in [3.05, 3.63) is 65.7 Å². The Morgan fingerprint density at radius 1 is 1.03 bits per heavy atom. The Kier molecular flexibility index (Phi) is 9.29. The lowest BCUT2D eigenvalue weighted by atomic mass is 9.84. The summed E-state index contributed by atoms with van der Waals surface area (Å²) < 4.78 is 5.03. The fraction of sp³-hybridized carbons (Fsp3) is 0.452. The van der Waals surface area contributed by atoms with Crippen LogP contribution in [0, 0.1) is 5.92 Å². The molecule has 196 valence electrons. The Balaban J connectivity index is 1.34. The number of ketones is 1. The first-order chi connectivity index (χ1) is 18.0. The molecule has 4 rings (SSSR count). The molecule has 1 heterocycles. The van der Waals surface area contributed by atoms with E-state index < -0.39 is 0 Å². The maximum absolute atomic E-state index is 13.2. The van der Waals surface area contributed by atoms with Crippen LogP contribution >= 0.6 is 0 Å². The highest BCUT2D eigenvalue weighted by Gasteiger charge is 2.28. The van der Waals surface area contributed by atoms with Gasteiger partial charge in [0.1, 0.15) is 5.78 Å². The molecule has 0 bridgehead atoms. The summed E-state index contributed by atoms with van der Waals surface area (Å²) in [7, 11) is 3.49. The molecule has 0 aromatic heterocycles. The van der Waals surface area contributed by atoms with Crippen molar-refractivity contribution in [1.82, 2.24) is 4.90 Å². The normalized spacial score (nSPS) is 15.9. The highest BCUT2D eigenvalue weighted by Crippen LogP contribution is 2.31. The van der Waals surface area contributed by atoms with Crippen molar-refractivity contribution in [2.45, 2.75) is 51.4 Å². The summed E-state index contributed by atoms with van der Waals surface area (Å²) in [6.45, 7) is 1.89. The van der Waals surface area contributed by atoms with Gasteiger partial charge in [-0.05, 0) is 67.5 Å². The average molecular weight is 503 g/mol. The molecule has 0 atom stereocenters. The molecule has 0 unspecified atom stereocenters. The van der Waals surface area contributed by atoms with Gasteiger partial charge < -0.3 is 14.5 Å². The number of Topliss-reactive ketones (excluding diaryl/α,β-unsaturated/α-hetero) is 1. The number of carbonyl (C=O) groups excluding carboxylic acids is 3. The smallest absolute Gasteiger partial charge is 0.253 e. The standard InChI is InChI=1S/C31H38N2O4/c1-32(30(35)25-8-3-9-25)28-11-4-10-27(22-28)24-13-15-26(16-14-24)31(36)33-18-5-7-23(17-19-33)21-29(34)12-6-20-37-2/h4,7,10-11,13-16,22,25H,3,5-6,8-9,12,17-21H2,1-2H3. The molecule has 0 saturated heterocycles. The van der Waals surface area contributed by atoms with Crippen LogP contribution in [-0.4, -0.2) is 56.4 Å². The van der Waals surface area contributed by atoms with E-state index in [9.17, 15) is 14.4 Å². The Morgan fingerprint density at radius 3 is 2.51 bits per heavy atom. The lowest BCUT2D eigenvalue weighted by Gasteiger charge is -2.29. The number of methoxy groups -OCH3 is 1. The summed E-state index contributed by atoms with van der Waals surface area (Å²) in [5, 5.41) is 0. The molecule has 1 aliphatic carbocycles. The minimum absolute atomic E-state index is 0.0206. The number of anilines is 1. The van der Waals surface area contributed by atoms with Gasteiger partial charge in [-0.3, -0.25) is 14.4 Å². The molecule has 2 aliphatic rings. The van der Waals surface area contributed by atoms with Gasteiger partial charge in [-0.25, -0.2) is 0 Å². The van der Waals surface area contributed by atoms with Gasteiger partial charge in [0.2, 0.25) is 5.91 Å². The number of nitrogens with zero attached hydrogens (tertiary/aromatic N) is 2. The Morgan fingerprint density at radius 2 is 1.81 bits per heavy atom. The van der Waals surface area contributed by atoms with E-state index in [0.29, 0.717) is 38.1 Å². The van der Waals surface area contributed by atoms with Crippen LogP contribution in [0.2, 0.25) is 0 Å². The predicted octanol–water partition coefficient (Wildman–Crippen LogP) is 5.66. The van der Waals surface area contributed by atoms with Crippen LogP contribution in [0.15, 0.2) is 60.2 Å². The molecule has 1 fully saturated rings. The molecular formula is C31H38N2O4. The molecule has 1 saturated carbocycles. The van der Waals surface area contributed by atoms with Gasteiger partial charge in [-0.1, -0.05) is 42.3 Å². The van der Waals surface area contributed by atoms with Crippen molar-refractivity contribution in [3.63, 3.8) is 0 Å². The summed E-state index contributed by atoms with van der Waals surface area (Å²) in [5.41, 5.74) is 4.71. The topological polar surface area (TPSA) is 66.9 Å². The van der Waals surface area contributed by atoms with Crippen molar-refractivity contribution in [2.75, 3.05) is 38.8 Å². The van der Waals surface area contributed by atoms with Crippen molar-refractivity contribution in [1.29, 1.82) is 0 Å². The van der Waals surface area contributed by atoms with Crippen LogP contribution in [-0.2, 0) is 14.3 Å². The maximum Gasteiger partial charge on any atom is 0.253 e. The van der Waals surface area contributed by atoms with Gasteiger partial charge in [0, 0.05) is 63.9 Å². The van der Waals surface area contributed by atoms with E-state index in [2.05, 4.69) is 6.08 Å². The number of amides is 2. The van der Waals surface area contributed by atoms with Gasteiger partial charge in [-0.2, -0.15) is 0 Å². The van der Waals surface area contributed by atoms with E-state index in [1.165, 1.54) is 0 Å². The van der Waals surface area contributed by atoms with E-state index in [0.717, 1.165) is 60.9 Å². The zero-order chi connectivity index (χ0) is 26.2. The first-order valence-corrected chi connectivity index (χ1v) is 13.4. The second kappa shape index (κ2) is 12.8. The van der Waals surface area contributed by atoms with Gasteiger partial charge >= 0.3 is 0 Å². The van der Waals surface area contributed by atoms with E-state index in [1.54, 1.807) is 12.0 Å². The minimum atomic E-state index is 0.0206. The van der Waals surface area contributed by atoms with Crippen molar-refractivity contribution < 1.29 is 19.1 Å². The fourth-order valence-electron chi connectivity index (χ4n) is 4.97. The molecular weight excluding hydrogens is 464 g/mol. The van der Waals surface area contributed by atoms with Crippen molar-refractivity contribution >= 4 is 23.3 Å². The van der Waals surface area contributed by atoms with Crippen LogP contribution in [0.25, 0.3) is 11.1 Å². The van der Waals surface area contributed by atoms with E-state index in [4.69, 9.17) is 4.74 Å². The summed E-state index contributed by atoms with van der Waals surface area (Å²) in [6.07, 6.45) is 8.51. The highest BCUT2D eigenvalue weighted by atomic mass is 16.5. The third-order valence-electron chi connectivity index (χ3n) is 7.53. The van der Waals surface area contributed by atoms with E-state index in [-0.39, 0.29) is 23.5 Å². The van der Waals surface area contributed by atoms with Gasteiger partial charge in [0.15, 0.2) is 0 Å². The van der Waals surface area contributed by atoms with E-state index in [1.807, 2.05) is 60.5 Å². The third kappa shape index (κ3) is 6.95. The SMILES string of the molecule is COCCCC(=O)CC1=CCCN(C(=O)c2ccc(-c3cccc(N(C)C(=O)C4CCC4)c3)cc2)CC1. The molecule has 2 aromatic carbocycles. The lowest BCUT2D eigenvalue weighted by Crippen LogP contribution is -2.36. The number of carbonyl (C=O) groups is 3. The van der Waals surface area contributed by atoms with Gasteiger partial charge in [-0.15, -0.1) is 0 Å². The molecule has 0 spiro atoms. The molecule has 2 aromatic rings. The second-order valence-corrected chi connectivity index (χ2v) is 10.2. The fourth-order valence-corrected chi connectivity index (χ4v) is 4.97. The van der Waals surface area contributed by atoms with Gasteiger partial charge in [0.25, 0.3) is 5.91 Å². The highest BCUT2D eigenvalue weighted by molar-refractivity contribution is 5.96. The molecule has 0 N–H and O–H groups in total. The summed E-state index contributed by atoms with van der Waals surface area (Å²) in [5.74, 6) is 0.606. The zero-order valence-electron chi connectivity index (χ0n) is 22.1. The van der Waals surface area contributed by atoms with Crippen LogP contribution in [0.4, 0.5) is 5.69 Å². The third-order valence-corrected chi connectivity index (χ3v) is 7.53. The maximum atomic E-state index is 13.2. The Hall–Kier alpha value is -3.25. The number of hydrogen-bond donors (Lipinski definition) is 0. The molecule has 0 radical (unpaired) electrons. The number of hydrogen-bond acceptors (Lipinski definition) is 4. The summed E-state index contributed by atoms with van der Waals surface area (Å²) >= 11 is 0. The first kappa shape index (κ1) is 26.8. The molecule has 6 heteroatoms. The number of benzene rings is 2. The van der Waals surface area contributed by atoms with Crippen molar-refractivity contribution in [2.24, 2.45) is 5.92 Å². The minimum Gasteiger partial charge on any atom is -0.385 e. The number of rotatable bonds is 10. The van der Waals surface area contributed by atoms with Gasteiger partial charge in [0.05, 0.1) is 0 Å². The number of ether oxygens (including phenoxy) is 1. The lowest BCUT2D eigenvalue weighted by molar-refractivity contribution is -0.124. The van der Waals surface area contributed by atoms with Crippen LogP contribution in [0.3, 0.4) is 0 Å². The predicted molar refractivity (Wildman–Crippen MR) is 147 cm³/mol. The monoisotopic (exact) mass is 502 g/mol. The average Bonchev–Trinajstić information content (AvgIpc) is 3.12. The first-order valence-electron chi connectivity index (χ1n) is 13.4. The van der Waals surface area contributed by atoms with Crippen molar-refractivity contribution in [3.8, 4) is 11.1 Å². The molecule has 37 heavy (non-hydrogen) atoms. The largest absolute Gasteiger partial charge is 0.385 e. The summed E-state index contributed by atoms with van der Waals surface area (Å²) in [6, 6.07) is 15.7. The molecule has 1 aliphatic heterocycles. The zero-order valence-corrected chi connectivity index (χ0v) is 22.1. The molecule has 2 amide bonds. The summed E-state index contributed by atoms with van der Waals surface area (Å²) in [4.78, 5) is 41.7. The Bertz CT molecular complexity index is 1130. The molecule has 6 nitrogen and oxygen atoms in total. The van der Waals surface area contributed by atoms with Crippen LogP contribution < -0.4 is 4.90 Å². The van der Waals surface area contributed by atoms with Crippen LogP contribution in [0.5, 0.6) is 0 Å². The second-order valence-electron chi connectivity index (χ2n) is 10.2. The Labute approximate surface area is 220 Å². The quantitative estimate of drug-likeness (QED) is 0.310. The van der Waals surface area contributed by atoms with Crippen LogP contribution in [0.1, 0.15) is 61.7 Å². The van der Waals surface area contributed by atoms with E-state index >= 15 is 0 Å².